The third kappa shape index (κ3) is 4.42. The van der Waals surface area contributed by atoms with Crippen LogP contribution in [0.3, 0.4) is 0 Å². The molecule has 0 saturated carbocycles. The van der Waals surface area contributed by atoms with Crippen molar-refractivity contribution < 1.29 is 22.7 Å². The summed E-state index contributed by atoms with van der Waals surface area (Å²) in [7, 11) is 0. The van der Waals surface area contributed by atoms with Crippen LogP contribution in [0.2, 0.25) is 0 Å². The van der Waals surface area contributed by atoms with Crippen molar-refractivity contribution in [2.24, 2.45) is 0 Å². The van der Waals surface area contributed by atoms with Crippen molar-refractivity contribution >= 4 is 17.2 Å². The minimum absolute atomic E-state index is 0.0135. The molecule has 0 atom stereocenters. The topological polar surface area (TPSA) is 42.4 Å². The molecule has 0 bridgehead atoms. The van der Waals surface area contributed by atoms with Crippen molar-refractivity contribution in [3.8, 4) is 16.3 Å². The van der Waals surface area contributed by atoms with Crippen molar-refractivity contribution in [2.45, 2.75) is 18.9 Å². The van der Waals surface area contributed by atoms with Crippen molar-refractivity contribution in [1.82, 2.24) is 9.88 Å². The molecule has 1 saturated heterocycles. The van der Waals surface area contributed by atoms with Crippen LogP contribution in [0.25, 0.3) is 10.6 Å². The molecule has 2 aromatic carbocycles. The van der Waals surface area contributed by atoms with Gasteiger partial charge in [0.1, 0.15) is 28.4 Å². The summed E-state index contributed by atoms with van der Waals surface area (Å²) < 4.78 is 45.4. The van der Waals surface area contributed by atoms with Crippen LogP contribution in [-0.4, -0.2) is 35.0 Å². The molecule has 1 aromatic heterocycles. The molecular weight excluding hydrogens is 401 g/mol. The number of amides is 1. The number of halogens is 3. The van der Waals surface area contributed by atoms with Crippen molar-refractivity contribution in [1.29, 1.82) is 0 Å². The van der Waals surface area contributed by atoms with Gasteiger partial charge in [-0.2, -0.15) is 0 Å². The molecule has 3 aromatic rings. The second-order valence-electron chi connectivity index (χ2n) is 6.73. The Morgan fingerprint density at radius 3 is 2.41 bits per heavy atom. The van der Waals surface area contributed by atoms with Crippen LogP contribution >= 0.6 is 11.3 Å². The van der Waals surface area contributed by atoms with Crippen LogP contribution in [0, 0.1) is 17.5 Å². The number of rotatable bonds is 4. The Hall–Kier alpha value is -2.87. The van der Waals surface area contributed by atoms with Gasteiger partial charge in [0.2, 0.25) is 0 Å². The summed E-state index contributed by atoms with van der Waals surface area (Å²) in [5.41, 5.74) is 1.10. The van der Waals surface area contributed by atoms with E-state index in [1.54, 1.807) is 22.4 Å². The van der Waals surface area contributed by atoms with E-state index in [1.807, 2.05) is 0 Å². The normalized spacial score (nSPS) is 14.8. The highest BCUT2D eigenvalue weighted by atomic mass is 32.1. The van der Waals surface area contributed by atoms with Gasteiger partial charge < -0.3 is 9.64 Å². The predicted octanol–water partition coefficient (Wildman–Crippen LogP) is 4.91. The lowest BCUT2D eigenvalue weighted by molar-refractivity contribution is 0.0583. The van der Waals surface area contributed by atoms with Crippen LogP contribution in [0.5, 0.6) is 5.75 Å². The molecule has 4 rings (SSSR count). The van der Waals surface area contributed by atoms with Gasteiger partial charge in [0.05, 0.1) is 0 Å². The Morgan fingerprint density at radius 2 is 1.72 bits per heavy atom. The monoisotopic (exact) mass is 418 g/mol. The van der Waals surface area contributed by atoms with Crippen LogP contribution in [0.1, 0.15) is 23.3 Å². The molecular formula is C21H17F3N2O2S. The third-order valence-electron chi connectivity index (χ3n) is 4.73. The lowest BCUT2D eigenvalue weighted by atomic mass is 10.1. The molecule has 2 heterocycles. The van der Waals surface area contributed by atoms with E-state index >= 15 is 0 Å². The Kier molecular flexibility index (Phi) is 5.53. The van der Waals surface area contributed by atoms with Gasteiger partial charge in [-0.25, -0.2) is 18.2 Å². The Balaban J connectivity index is 1.36. The Morgan fingerprint density at radius 1 is 1.03 bits per heavy atom. The fraction of sp³-hybridized carbons (Fsp3) is 0.238. The summed E-state index contributed by atoms with van der Waals surface area (Å²) in [6.45, 7) is 0.908. The van der Waals surface area contributed by atoms with Crippen LogP contribution in [-0.2, 0) is 0 Å². The van der Waals surface area contributed by atoms with Crippen molar-refractivity contribution in [3.63, 3.8) is 0 Å². The summed E-state index contributed by atoms with van der Waals surface area (Å²) in [5.74, 6) is -1.88. The molecule has 0 spiro atoms. The molecule has 1 aliphatic heterocycles. The summed E-state index contributed by atoms with van der Waals surface area (Å²) in [5, 5.41) is 2.34. The summed E-state index contributed by atoms with van der Waals surface area (Å²) in [6.07, 6.45) is 0.832. The maximum Gasteiger partial charge on any atom is 0.273 e. The average molecular weight is 418 g/mol. The Bertz CT molecular complexity index is 1020. The van der Waals surface area contributed by atoms with E-state index in [2.05, 4.69) is 4.98 Å². The van der Waals surface area contributed by atoms with Gasteiger partial charge in [0.15, 0.2) is 11.6 Å². The number of carbonyl (C=O) groups is 1. The van der Waals surface area contributed by atoms with E-state index in [4.69, 9.17) is 4.74 Å². The number of nitrogens with zero attached hydrogens (tertiary/aromatic N) is 2. The first-order valence-electron chi connectivity index (χ1n) is 9.12. The maximum atomic E-state index is 13.7. The number of likely N-dealkylation sites (tertiary alicyclic amines) is 1. The van der Waals surface area contributed by atoms with E-state index < -0.39 is 11.6 Å². The molecule has 0 unspecified atom stereocenters. The SMILES string of the molecule is O=C(c1csc(-c2ccc(F)cc2)n1)N1CCC(Oc2ccc(F)cc2F)CC1. The third-order valence-corrected chi connectivity index (χ3v) is 5.62. The lowest BCUT2D eigenvalue weighted by Crippen LogP contribution is -2.42. The van der Waals surface area contributed by atoms with Gasteiger partial charge >= 0.3 is 0 Å². The fourth-order valence-corrected chi connectivity index (χ4v) is 3.99. The van der Waals surface area contributed by atoms with Gasteiger partial charge in [-0.15, -0.1) is 11.3 Å². The summed E-state index contributed by atoms with van der Waals surface area (Å²) >= 11 is 1.33. The minimum atomic E-state index is -0.737. The Labute approximate surface area is 169 Å². The number of hydrogen-bond donors (Lipinski definition) is 0. The number of hydrogen-bond acceptors (Lipinski definition) is 4. The molecule has 150 valence electrons. The number of benzene rings is 2. The molecule has 29 heavy (non-hydrogen) atoms. The second kappa shape index (κ2) is 8.24. The number of piperidine rings is 1. The first-order valence-corrected chi connectivity index (χ1v) is 10.00. The van der Waals surface area contributed by atoms with Crippen LogP contribution in [0.4, 0.5) is 13.2 Å². The van der Waals surface area contributed by atoms with E-state index in [0.717, 1.165) is 17.7 Å². The van der Waals surface area contributed by atoms with Gasteiger partial charge in [-0.05, 0) is 36.4 Å². The molecule has 0 N–H and O–H groups in total. The summed E-state index contributed by atoms with van der Waals surface area (Å²) in [6, 6.07) is 9.17. The summed E-state index contributed by atoms with van der Waals surface area (Å²) in [4.78, 5) is 18.8. The zero-order valence-electron chi connectivity index (χ0n) is 15.3. The molecule has 1 fully saturated rings. The molecule has 1 aliphatic rings. The standard InChI is InChI=1S/C21H17F3N2O2S/c22-14-3-1-13(2-4-14)20-25-18(12-29-20)21(27)26-9-7-16(8-10-26)28-19-6-5-15(23)11-17(19)24/h1-6,11-12,16H,7-10H2. The van der Waals surface area contributed by atoms with Crippen molar-refractivity contribution in [3.05, 3.63) is 71.0 Å². The quantitative estimate of drug-likeness (QED) is 0.605. The highest BCUT2D eigenvalue weighted by Crippen LogP contribution is 2.26. The number of ether oxygens (including phenoxy) is 1. The number of aromatic nitrogens is 1. The first-order chi connectivity index (χ1) is 14.0. The highest BCUT2D eigenvalue weighted by Gasteiger charge is 2.26. The van der Waals surface area contributed by atoms with Gasteiger partial charge in [0, 0.05) is 42.9 Å². The van der Waals surface area contributed by atoms with E-state index in [1.165, 1.54) is 29.5 Å². The molecule has 0 aliphatic carbocycles. The second-order valence-corrected chi connectivity index (χ2v) is 7.59. The number of carbonyl (C=O) groups excluding carboxylic acids is 1. The molecule has 8 heteroatoms. The average Bonchev–Trinajstić information content (AvgIpc) is 3.21. The van der Waals surface area contributed by atoms with Crippen LogP contribution in [0.15, 0.2) is 47.8 Å². The van der Waals surface area contributed by atoms with Crippen molar-refractivity contribution in [2.75, 3.05) is 13.1 Å². The largest absolute Gasteiger partial charge is 0.487 e. The van der Waals surface area contributed by atoms with E-state index in [0.29, 0.717) is 36.6 Å². The van der Waals surface area contributed by atoms with E-state index in [-0.39, 0.29) is 23.6 Å². The molecule has 4 nitrogen and oxygen atoms in total. The lowest BCUT2D eigenvalue weighted by Gasteiger charge is -2.31. The number of thiazole rings is 1. The smallest absolute Gasteiger partial charge is 0.273 e. The van der Waals surface area contributed by atoms with Gasteiger partial charge in [-0.1, -0.05) is 0 Å². The maximum absolute atomic E-state index is 13.7. The van der Waals surface area contributed by atoms with Crippen LogP contribution < -0.4 is 4.74 Å². The van der Waals surface area contributed by atoms with Gasteiger partial charge in [0.25, 0.3) is 5.91 Å². The first kappa shape index (κ1) is 19.4. The predicted molar refractivity (Wildman–Crippen MR) is 103 cm³/mol. The van der Waals surface area contributed by atoms with Gasteiger partial charge in [-0.3, -0.25) is 4.79 Å². The molecule has 0 radical (unpaired) electrons. The minimum Gasteiger partial charge on any atom is -0.487 e. The molecule has 1 amide bonds. The highest BCUT2D eigenvalue weighted by molar-refractivity contribution is 7.13. The zero-order valence-corrected chi connectivity index (χ0v) is 16.1. The zero-order chi connectivity index (χ0) is 20.4. The fourth-order valence-electron chi connectivity index (χ4n) is 3.19. The van der Waals surface area contributed by atoms with E-state index in [9.17, 15) is 18.0 Å².